The first-order valence-electron chi connectivity index (χ1n) is 4.20. The summed E-state index contributed by atoms with van der Waals surface area (Å²) in [6.07, 6.45) is 0. The van der Waals surface area contributed by atoms with Gasteiger partial charge in [-0.1, -0.05) is 22.8 Å². The Kier molecular flexibility index (Phi) is 4.20. The number of amidine groups is 1. The highest BCUT2D eigenvalue weighted by Crippen LogP contribution is 2.25. The maximum atomic E-state index is 8.61. The number of nitrogens with zero attached hydrogens (tertiary/aromatic N) is 1. The molecule has 1 aromatic carbocycles. The Balaban J connectivity index is 3.09. The van der Waals surface area contributed by atoms with Crippen LogP contribution in [0, 0.1) is 0 Å². The summed E-state index contributed by atoms with van der Waals surface area (Å²) in [5, 5.41) is 20.4. The lowest BCUT2D eigenvalue weighted by Crippen LogP contribution is -2.16. The monoisotopic (exact) mass is 230 g/mol. The molecule has 5 nitrogen and oxygen atoms in total. The van der Waals surface area contributed by atoms with Crippen molar-refractivity contribution >= 4 is 17.4 Å². The number of rotatable bonds is 4. The van der Waals surface area contributed by atoms with Gasteiger partial charge in [-0.2, -0.15) is 0 Å². The van der Waals surface area contributed by atoms with Crippen molar-refractivity contribution in [3.05, 3.63) is 28.8 Å². The first kappa shape index (κ1) is 11.6. The molecule has 0 aliphatic carbocycles. The lowest BCUT2D eigenvalue weighted by Gasteiger charge is -2.10. The van der Waals surface area contributed by atoms with E-state index in [4.69, 9.17) is 32.4 Å². The summed E-state index contributed by atoms with van der Waals surface area (Å²) in [7, 11) is 0. The molecule has 1 aromatic rings. The molecule has 0 radical (unpaired) electrons. The van der Waals surface area contributed by atoms with Crippen molar-refractivity contribution in [2.75, 3.05) is 13.2 Å². The van der Waals surface area contributed by atoms with Gasteiger partial charge in [0.15, 0.2) is 5.84 Å². The zero-order chi connectivity index (χ0) is 11.3. The first-order chi connectivity index (χ1) is 7.20. The number of aliphatic hydroxyl groups excluding tert-OH is 1. The highest BCUT2D eigenvalue weighted by molar-refractivity contribution is 6.34. The Hall–Kier alpha value is -1.46. The summed E-state index contributed by atoms with van der Waals surface area (Å²) in [6.45, 7) is -0.00578. The molecule has 0 unspecified atom stereocenters. The normalized spacial score (nSPS) is 11.5. The van der Waals surface area contributed by atoms with Crippen molar-refractivity contribution in [3.63, 3.8) is 0 Å². The number of hydrogen-bond donors (Lipinski definition) is 3. The maximum Gasteiger partial charge on any atom is 0.175 e. The van der Waals surface area contributed by atoms with Crippen molar-refractivity contribution in [3.8, 4) is 5.75 Å². The summed E-state index contributed by atoms with van der Waals surface area (Å²) < 4.78 is 5.18. The molecule has 0 aliphatic rings. The Morgan fingerprint density at radius 2 is 2.27 bits per heavy atom. The molecule has 0 bridgehead atoms. The van der Waals surface area contributed by atoms with E-state index in [0.29, 0.717) is 16.3 Å². The van der Waals surface area contributed by atoms with Crippen LogP contribution in [0.2, 0.25) is 5.02 Å². The summed E-state index contributed by atoms with van der Waals surface area (Å²) >= 11 is 5.87. The SMILES string of the molecule is NC(=NO)c1c(Cl)cccc1OCCO. The summed E-state index contributed by atoms with van der Waals surface area (Å²) in [6, 6.07) is 4.89. The lowest BCUT2D eigenvalue weighted by atomic mass is 10.2. The molecule has 0 atom stereocenters. The standard InChI is InChI=1S/C9H11ClN2O3/c10-6-2-1-3-7(15-5-4-13)8(6)9(11)12-14/h1-3,13-14H,4-5H2,(H2,11,12). The summed E-state index contributed by atoms with van der Waals surface area (Å²) in [5.41, 5.74) is 5.76. The Bertz CT molecular complexity index is 368. The van der Waals surface area contributed by atoms with Gasteiger partial charge in [-0.05, 0) is 12.1 Å². The van der Waals surface area contributed by atoms with Gasteiger partial charge in [0.1, 0.15) is 12.4 Å². The molecule has 0 heterocycles. The second-order valence-corrected chi connectivity index (χ2v) is 3.08. The second-order valence-electron chi connectivity index (χ2n) is 2.67. The van der Waals surface area contributed by atoms with Crippen LogP contribution in [0.15, 0.2) is 23.4 Å². The predicted molar refractivity (Wildman–Crippen MR) is 56.5 cm³/mol. The van der Waals surface area contributed by atoms with E-state index in [1.807, 2.05) is 0 Å². The van der Waals surface area contributed by atoms with Gasteiger partial charge in [-0.3, -0.25) is 0 Å². The van der Waals surface area contributed by atoms with Crippen LogP contribution < -0.4 is 10.5 Å². The van der Waals surface area contributed by atoms with E-state index in [9.17, 15) is 0 Å². The van der Waals surface area contributed by atoms with Gasteiger partial charge in [0.25, 0.3) is 0 Å². The van der Waals surface area contributed by atoms with Crippen LogP contribution in [0.1, 0.15) is 5.56 Å². The summed E-state index contributed by atoms with van der Waals surface area (Å²) in [5.74, 6) is 0.236. The fourth-order valence-electron chi connectivity index (χ4n) is 1.08. The van der Waals surface area contributed by atoms with E-state index in [0.717, 1.165) is 0 Å². The van der Waals surface area contributed by atoms with E-state index < -0.39 is 0 Å². The number of aliphatic hydroxyl groups is 1. The number of ether oxygens (including phenoxy) is 1. The molecule has 6 heteroatoms. The average Bonchev–Trinajstić information content (AvgIpc) is 2.25. The predicted octanol–water partition coefficient (Wildman–Crippen LogP) is 0.806. The smallest absolute Gasteiger partial charge is 0.175 e. The van der Waals surface area contributed by atoms with Crippen LogP contribution in [0.5, 0.6) is 5.75 Å². The molecule has 0 saturated heterocycles. The molecule has 4 N–H and O–H groups in total. The Morgan fingerprint density at radius 1 is 1.53 bits per heavy atom. The zero-order valence-corrected chi connectivity index (χ0v) is 8.61. The number of oxime groups is 1. The molecule has 0 saturated carbocycles. The van der Waals surface area contributed by atoms with E-state index in [-0.39, 0.29) is 19.0 Å². The molecule has 1 rings (SSSR count). The number of hydrogen-bond acceptors (Lipinski definition) is 4. The molecule has 0 amide bonds. The third kappa shape index (κ3) is 2.74. The summed E-state index contributed by atoms with van der Waals surface area (Å²) in [4.78, 5) is 0. The quantitative estimate of drug-likeness (QED) is 0.309. The van der Waals surface area contributed by atoms with Crippen molar-refractivity contribution in [1.29, 1.82) is 0 Å². The molecule has 15 heavy (non-hydrogen) atoms. The molecule has 0 aliphatic heterocycles. The van der Waals surface area contributed by atoms with Gasteiger partial charge in [-0.25, -0.2) is 0 Å². The topological polar surface area (TPSA) is 88.1 Å². The maximum absolute atomic E-state index is 8.61. The van der Waals surface area contributed by atoms with Gasteiger partial charge >= 0.3 is 0 Å². The van der Waals surface area contributed by atoms with Crippen LogP contribution in [-0.4, -0.2) is 29.4 Å². The fraction of sp³-hybridized carbons (Fsp3) is 0.222. The zero-order valence-electron chi connectivity index (χ0n) is 7.85. The minimum Gasteiger partial charge on any atom is -0.490 e. The number of halogens is 1. The second kappa shape index (κ2) is 5.43. The van der Waals surface area contributed by atoms with Crippen LogP contribution >= 0.6 is 11.6 Å². The largest absolute Gasteiger partial charge is 0.490 e. The molecular formula is C9H11ClN2O3. The number of nitrogens with two attached hydrogens (primary N) is 1. The van der Waals surface area contributed by atoms with E-state index in [1.54, 1.807) is 18.2 Å². The van der Waals surface area contributed by atoms with Crippen LogP contribution in [0.25, 0.3) is 0 Å². The number of benzene rings is 1. The van der Waals surface area contributed by atoms with E-state index in [2.05, 4.69) is 5.16 Å². The molecule has 82 valence electrons. The fourth-order valence-corrected chi connectivity index (χ4v) is 1.34. The van der Waals surface area contributed by atoms with Crippen molar-refractivity contribution in [2.45, 2.75) is 0 Å². The van der Waals surface area contributed by atoms with Gasteiger partial charge in [0.2, 0.25) is 0 Å². The molecular weight excluding hydrogens is 220 g/mol. The van der Waals surface area contributed by atoms with E-state index in [1.165, 1.54) is 0 Å². The van der Waals surface area contributed by atoms with Gasteiger partial charge in [-0.15, -0.1) is 0 Å². The van der Waals surface area contributed by atoms with Gasteiger partial charge < -0.3 is 20.8 Å². The van der Waals surface area contributed by atoms with Gasteiger partial charge in [0, 0.05) is 0 Å². The van der Waals surface area contributed by atoms with E-state index >= 15 is 0 Å². The average molecular weight is 231 g/mol. The molecule has 0 aromatic heterocycles. The van der Waals surface area contributed by atoms with Gasteiger partial charge in [0.05, 0.1) is 17.2 Å². The highest BCUT2D eigenvalue weighted by Gasteiger charge is 2.12. The third-order valence-electron chi connectivity index (χ3n) is 1.69. The minimum atomic E-state index is -0.131. The van der Waals surface area contributed by atoms with Crippen LogP contribution in [0.4, 0.5) is 0 Å². The third-order valence-corrected chi connectivity index (χ3v) is 2.00. The molecule has 0 spiro atoms. The Morgan fingerprint density at radius 3 is 2.87 bits per heavy atom. The molecule has 0 fully saturated rings. The van der Waals surface area contributed by atoms with Crippen LogP contribution in [0.3, 0.4) is 0 Å². The Labute approximate surface area is 91.7 Å². The van der Waals surface area contributed by atoms with Crippen molar-refractivity contribution in [2.24, 2.45) is 10.9 Å². The highest BCUT2D eigenvalue weighted by atomic mass is 35.5. The lowest BCUT2D eigenvalue weighted by molar-refractivity contribution is 0.201. The van der Waals surface area contributed by atoms with Crippen molar-refractivity contribution in [1.82, 2.24) is 0 Å². The first-order valence-corrected chi connectivity index (χ1v) is 4.58. The minimum absolute atomic E-state index is 0.117. The van der Waals surface area contributed by atoms with Crippen LogP contribution in [-0.2, 0) is 0 Å². The van der Waals surface area contributed by atoms with Crippen molar-refractivity contribution < 1.29 is 15.1 Å².